The number of rotatable bonds is 3. The summed E-state index contributed by atoms with van der Waals surface area (Å²) in [6.07, 6.45) is 2.98. The summed E-state index contributed by atoms with van der Waals surface area (Å²) in [5.74, 6) is -5.71. The molecule has 0 spiro atoms. The minimum absolute atomic E-state index is 0.113. The molecule has 0 aromatic rings. The molecule has 116 valence electrons. The third-order valence-corrected chi connectivity index (χ3v) is 6.28. The van der Waals surface area contributed by atoms with E-state index < -0.39 is 29.6 Å². The first-order valence-corrected chi connectivity index (χ1v) is 7.81. The lowest BCUT2D eigenvalue weighted by Crippen LogP contribution is -2.48. The first-order chi connectivity index (χ1) is 9.90. The summed E-state index contributed by atoms with van der Waals surface area (Å²) in [6.45, 7) is 0. The van der Waals surface area contributed by atoms with Gasteiger partial charge in [0.05, 0.1) is 11.8 Å². The van der Waals surface area contributed by atoms with E-state index in [4.69, 9.17) is 0 Å². The molecule has 4 rings (SSSR count). The van der Waals surface area contributed by atoms with Crippen LogP contribution in [0.15, 0.2) is 0 Å². The van der Waals surface area contributed by atoms with E-state index in [9.17, 15) is 23.5 Å². The molecule has 6 heteroatoms. The number of halogens is 2. The molecule has 4 aliphatic carbocycles. The average Bonchev–Trinajstić information content (AvgIpc) is 2.66. The molecule has 4 aliphatic rings. The maximum Gasteiger partial charge on any atom is 0.308 e. The van der Waals surface area contributed by atoms with Gasteiger partial charge in [0.25, 0.3) is 5.92 Å². The Morgan fingerprint density at radius 3 is 2.43 bits per heavy atom. The molecule has 4 fully saturated rings. The van der Waals surface area contributed by atoms with E-state index in [0.29, 0.717) is 6.42 Å². The predicted molar refractivity (Wildman–Crippen MR) is 68.5 cm³/mol. The van der Waals surface area contributed by atoms with E-state index in [1.54, 1.807) is 0 Å². The van der Waals surface area contributed by atoms with Gasteiger partial charge in [-0.1, -0.05) is 0 Å². The van der Waals surface area contributed by atoms with Crippen LogP contribution in [0.5, 0.6) is 0 Å². The number of carbonyl (C=O) groups excluding carboxylic acids is 1. The molecule has 7 atom stereocenters. The number of carboxylic acids is 1. The fourth-order valence-electron chi connectivity index (χ4n) is 5.31. The summed E-state index contributed by atoms with van der Waals surface area (Å²) in [6, 6.07) is -0.358. The van der Waals surface area contributed by atoms with Gasteiger partial charge in [0, 0.05) is 18.4 Å². The second-order valence-corrected chi connectivity index (χ2v) is 7.25. The van der Waals surface area contributed by atoms with Crippen LogP contribution in [-0.2, 0) is 9.59 Å². The number of alkyl halides is 2. The Labute approximate surface area is 121 Å². The van der Waals surface area contributed by atoms with Crippen molar-refractivity contribution >= 4 is 11.9 Å². The smallest absolute Gasteiger partial charge is 0.308 e. The van der Waals surface area contributed by atoms with Crippen molar-refractivity contribution in [2.45, 2.75) is 44.1 Å². The van der Waals surface area contributed by atoms with Gasteiger partial charge in [0.1, 0.15) is 0 Å². The van der Waals surface area contributed by atoms with Crippen LogP contribution in [0, 0.1) is 35.5 Å². The number of carboxylic acid groups (broad SMARTS) is 1. The number of fused-ring (bicyclic) bond motifs is 3. The highest BCUT2D eigenvalue weighted by Gasteiger charge is 2.70. The molecule has 0 aromatic carbocycles. The van der Waals surface area contributed by atoms with Crippen molar-refractivity contribution in [3.8, 4) is 0 Å². The normalized spacial score (nSPS) is 49.0. The molecular formula is C15H19F2NO3. The summed E-state index contributed by atoms with van der Waals surface area (Å²) in [7, 11) is 0. The van der Waals surface area contributed by atoms with Crippen LogP contribution in [0.2, 0.25) is 0 Å². The Bertz CT molecular complexity index is 509. The van der Waals surface area contributed by atoms with Crippen molar-refractivity contribution < 1.29 is 23.5 Å². The Hall–Kier alpha value is -1.20. The Morgan fingerprint density at radius 2 is 1.81 bits per heavy atom. The van der Waals surface area contributed by atoms with E-state index in [1.807, 2.05) is 0 Å². The first kappa shape index (κ1) is 13.5. The topological polar surface area (TPSA) is 66.4 Å². The van der Waals surface area contributed by atoms with Gasteiger partial charge in [-0.15, -0.1) is 0 Å². The Morgan fingerprint density at radius 1 is 1.10 bits per heavy atom. The zero-order valence-electron chi connectivity index (χ0n) is 11.6. The SMILES string of the molecule is O=C(N[C@@H]1[C@H]2CC[C@H](C2)[C@@H]1C(=O)O)[C@@H]1[C@@H]2CCC(F)(F)[C@@H]21. The van der Waals surface area contributed by atoms with Crippen molar-refractivity contribution in [2.24, 2.45) is 35.5 Å². The summed E-state index contributed by atoms with van der Waals surface area (Å²) in [5.41, 5.74) is 0. The number of carbonyl (C=O) groups is 2. The minimum Gasteiger partial charge on any atom is -0.481 e. The van der Waals surface area contributed by atoms with Crippen LogP contribution in [0.25, 0.3) is 0 Å². The largest absolute Gasteiger partial charge is 0.481 e. The molecule has 4 saturated carbocycles. The summed E-state index contributed by atoms with van der Waals surface area (Å²) < 4.78 is 27.2. The summed E-state index contributed by atoms with van der Waals surface area (Å²) >= 11 is 0. The molecular weight excluding hydrogens is 280 g/mol. The van der Waals surface area contributed by atoms with Crippen LogP contribution >= 0.6 is 0 Å². The van der Waals surface area contributed by atoms with Gasteiger partial charge in [0.15, 0.2) is 0 Å². The molecule has 0 unspecified atom stereocenters. The van der Waals surface area contributed by atoms with Crippen molar-refractivity contribution in [3.63, 3.8) is 0 Å². The van der Waals surface area contributed by atoms with E-state index in [-0.39, 0.29) is 36.1 Å². The van der Waals surface area contributed by atoms with E-state index in [1.165, 1.54) is 0 Å². The fourth-order valence-corrected chi connectivity index (χ4v) is 5.31. The number of nitrogens with one attached hydrogen (secondary N) is 1. The number of hydrogen-bond donors (Lipinski definition) is 2. The number of amides is 1. The Kier molecular flexibility index (Phi) is 2.67. The first-order valence-electron chi connectivity index (χ1n) is 7.81. The van der Waals surface area contributed by atoms with E-state index in [0.717, 1.165) is 19.3 Å². The maximum absolute atomic E-state index is 13.6. The van der Waals surface area contributed by atoms with Gasteiger partial charge < -0.3 is 10.4 Å². The monoisotopic (exact) mass is 299 g/mol. The van der Waals surface area contributed by atoms with E-state index in [2.05, 4.69) is 5.32 Å². The third kappa shape index (κ3) is 1.83. The third-order valence-electron chi connectivity index (χ3n) is 6.28. The van der Waals surface area contributed by atoms with Gasteiger partial charge in [-0.3, -0.25) is 9.59 Å². The van der Waals surface area contributed by atoms with Crippen LogP contribution in [-0.4, -0.2) is 28.9 Å². The highest BCUT2D eigenvalue weighted by molar-refractivity contribution is 5.84. The molecule has 1 amide bonds. The van der Waals surface area contributed by atoms with Gasteiger partial charge in [-0.2, -0.15) is 0 Å². The van der Waals surface area contributed by atoms with Gasteiger partial charge >= 0.3 is 5.97 Å². The van der Waals surface area contributed by atoms with Crippen molar-refractivity contribution in [2.75, 3.05) is 0 Å². The summed E-state index contributed by atoms with van der Waals surface area (Å²) in [5, 5.41) is 12.2. The van der Waals surface area contributed by atoms with Gasteiger partial charge in [-0.05, 0) is 43.4 Å². The highest BCUT2D eigenvalue weighted by Crippen LogP contribution is 2.64. The average molecular weight is 299 g/mol. The van der Waals surface area contributed by atoms with Crippen molar-refractivity contribution in [3.05, 3.63) is 0 Å². The molecule has 0 saturated heterocycles. The predicted octanol–water partition coefficient (Wildman–Crippen LogP) is 1.89. The highest BCUT2D eigenvalue weighted by atomic mass is 19.3. The molecule has 0 heterocycles. The second kappa shape index (κ2) is 4.17. The van der Waals surface area contributed by atoms with Gasteiger partial charge in [0.2, 0.25) is 5.91 Å². The van der Waals surface area contributed by atoms with E-state index >= 15 is 0 Å². The maximum atomic E-state index is 13.6. The lowest BCUT2D eigenvalue weighted by atomic mass is 9.84. The van der Waals surface area contributed by atoms with Crippen LogP contribution in [0.3, 0.4) is 0 Å². The Balaban J connectivity index is 1.45. The number of hydrogen-bond acceptors (Lipinski definition) is 2. The van der Waals surface area contributed by atoms with Crippen LogP contribution in [0.4, 0.5) is 8.78 Å². The lowest BCUT2D eigenvalue weighted by Gasteiger charge is -2.29. The van der Waals surface area contributed by atoms with Gasteiger partial charge in [-0.25, -0.2) is 8.78 Å². The molecule has 21 heavy (non-hydrogen) atoms. The molecule has 2 N–H and O–H groups in total. The minimum atomic E-state index is -2.71. The van der Waals surface area contributed by atoms with Crippen molar-refractivity contribution in [1.29, 1.82) is 0 Å². The molecule has 4 nitrogen and oxygen atoms in total. The fraction of sp³-hybridized carbons (Fsp3) is 0.867. The molecule has 0 aliphatic heterocycles. The standard InChI is InChI=1S/C15H19F2NO3/c16-15(17)4-3-8-10(11(8)15)13(19)18-12-7-2-1-6(5-7)9(12)14(20)21/h6-12H,1-5H2,(H,18,19)(H,20,21)/t6-,7+,8+,9+,10-,11+,12-/m1/s1. The zero-order valence-corrected chi connectivity index (χ0v) is 11.6. The zero-order chi connectivity index (χ0) is 14.9. The van der Waals surface area contributed by atoms with Crippen LogP contribution in [0.1, 0.15) is 32.1 Å². The molecule has 2 bridgehead atoms. The quantitative estimate of drug-likeness (QED) is 0.836. The number of aliphatic carboxylic acids is 1. The molecule has 0 radical (unpaired) electrons. The molecule has 0 aromatic heterocycles. The summed E-state index contributed by atoms with van der Waals surface area (Å²) in [4.78, 5) is 23.7. The van der Waals surface area contributed by atoms with Crippen molar-refractivity contribution in [1.82, 2.24) is 5.32 Å². The lowest BCUT2D eigenvalue weighted by molar-refractivity contribution is -0.145. The van der Waals surface area contributed by atoms with Crippen LogP contribution < -0.4 is 5.32 Å². The second-order valence-electron chi connectivity index (χ2n) is 7.25.